The Morgan fingerprint density at radius 1 is 1.09 bits per heavy atom. The fourth-order valence-electron chi connectivity index (χ4n) is 2.16. The second-order valence-corrected chi connectivity index (χ2v) is 5.81. The van der Waals surface area contributed by atoms with Crippen LogP contribution in [0.1, 0.15) is 52.9 Å². The molecule has 0 aromatic heterocycles. The topological polar surface area (TPSA) is 18.5 Å². The van der Waals surface area contributed by atoms with E-state index in [2.05, 4.69) is 56.4 Å². The Bertz CT molecular complexity index is 448. The summed E-state index contributed by atoms with van der Waals surface area (Å²) in [7, 11) is 0. The van der Waals surface area contributed by atoms with Gasteiger partial charge in [0.1, 0.15) is 11.9 Å². The van der Waals surface area contributed by atoms with Gasteiger partial charge < -0.3 is 9.47 Å². The predicted molar refractivity (Wildman–Crippen MR) is 99.4 cm³/mol. The molecular weight excluding hydrogens is 284 g/mol. The summed E-state index contributed by atoms with van der Waals surface area (Å²) in [4.78, 5) is 0. The van der Waals surface area contributed by atoms with Gasteiger partial charge >= 0.3 is 0 Å². The lowest BCUT2D eigenvalue weighted by atomic mass is 10.1. The van der Waals surface area contributed by atoms with E-state index in [1.807, 2.05) is 13.0 Å². The van der Waals surface area contributed by atoms with Crippen molar-refractivity contribution in [3.05, 3.63) is 59.9 Å². The minimum atomic E-state index is 0.245. The summed E-state index contributed by atoms with van der Waals surface area (Å²) in [6, 6.07) is 0. The molecule has 2 heteroatoms. The van der Waals surface area contributed by atoms with Gasteiger partial charge in [-0.3, -0.25) is 0 Å². The molecule has 0 amide bonds. The molecular formula is C21H32O2. The van der Waals surface area contributed by atoms with Gasteiger partial charge in [0.25, 0.3) is 0 Å². The molecule has 2 nitrogen and oxygen atoms in total. The summed E-state index contributed by atoms with van der Waals surface area (Å²) >= 11 is 0. The van der Waals surface area contributed by atoms with E-state index in [0.29, 0.717) is 0 Å². The summed E-state index contributed by atoms with van der Waals surface area (Å²) in [6.07, 6.45) is 22.9. The van der Waals surface area contributed by atoms with E-state index in [1.54, 1.807) is 0 Å². The van der Waals surface area contributed by atoms with E-state index < -0.39 is 0 Å². The van der Waals surface area contributed by atoms with Crippen LogP contribution in [0.15, 0.2) is 59.9 Å². The first-order chi connectivity index (χ1) is 11.3. The third-order valence-electron chi connectivity index (χ3n) is 3.57. The molecule has 128 valence electrons. The molecule has 0 saturated carbocycles. The summed E-state index contributed by atoms with van der Waals surface area (Å²) < 4.78 is 11.0. The Balaban J connectivity index is 2.22. The lowest BCUT2D eigenvalue weighted by Crippen LogP contribution is -2.35. The maximum Gasteiger partial charge on any atom is 0.145 e. The van der Waals surface area contributed by atoms with Crippen LogP contribution in [0.4, 0.5) is 0 Å². The number of allylic oxidation sites excluding steroid dienone is 9. The monoisotopic (exact) mass is 316 g/mol. The van der Waals surface area contributed by atoms with Crippen molar-refractivity contribution in [3.8, 4) is 0 Å². The SMILES string of the molecule is C/C=C\C=C/CC/C=C(\C)CCC=C/C(=C\CC)OC1COC1. The minimum Gasteiger partial charge on any atom is -0.486 e. The van der Waals surface area contributed by atoms with Gasteiger partial charge in [0, 0.05) is 0 Å². The van der Waals surface area contributed by atoms with E-state index in [-0.39, 0.29) is 6.10 Å². The number of rotatable bonds is 11. The molecule has 0 aromatic carbocycles. The van der Waals surface area contributed by atoms with E-state index in [9.17, 15) is 0 Å². The Hall–Kier alpha value is -1.54. The maximum atomic E-state index is 5.87. The van der Waals surface area contributed by atoms with Crippen LogP contribution < -0.4 is 0 Å². The van der Waals surface area contributed by atoms with Crippen LogP contribution in [-0.4, -0.2) is 19.3 Å². The minimum absolute atomic E-state index is 0.245. The molecule has 0 unspecified atom stereocenters. The average molecular weight is 316 g/mol. The Kier molecular flexibility index (Phi) is 11.0. The highest BCUT2D eigenvalue weighted by molar-refractivity contribution is 5.13. The van der Waals surface area contributed by atoms with Crippen molar-refractivity contribution in [1.82, 2.24) is 0 Å². The van der Waals surface area contributed by atoms with Crippen LogP contribution in [0, 0.1) is 0 Å². The fraction of sp³-hybridized carbons (Fsp3) is 0.524. The van der Waals surface area contributed by atoms with E-state index in [0.717, 1.165) is 51.1 Å². The first kappa shape index (κ1) is 19.5. The second-order valence-electron chi connectivity index (χ2n) is 5.81. The van der Waals surface area contributed by atoms with Crippen LogP contribution in [0.5, 0.6) is 0 Å². The van der Waals surface area contributed by atoms with Gasteiger partial charge in [-0.1, -0.05) is 49.0 Å². The van der Waals surface area contributed by atoms with Crippen molar-refractivity contribution >= 4 is 0 Å². The van der Waals surface area contributed by atoms with Crippen molar-refractivity contribution in [2.75, 3.05) is 13.2 Å². The lowest BCUT2D eigenvalue weighted by Gasteiger charge is -2.27. The molecule has 1 saturated heterocycles. The first-order valence-electron chi connectivity index (χ1n) is 8.80. The molecule has 0 N–H and O–H groups in total. The Labute approximate surface area is 142 Å². The van der Waals surface area contributed by atoms with Crippen LogP contribution in [0.25, 0.3) is 0 Å². The van der Waals surface area contributed by atoms with Crippen LogP contribution in [0.3, 0.4) is 0 Å². The average Bonchev–Trinajstić information content (AvgIpc) is 2.50. The quantitative estimate of drug-likeness (QED) is 0.205. The number of unbranched alkanes of at least 4 members (excludes halogenated alkanes) is 1. The molecule has 1 heterocycles. The second kappa shape index (κ2) is 13.0. The zero-order valence-corrected chi connectivity index (χ0v) is 15.0. The van der Waals surface area contributed by atoms with Gasteiger partial charge in [-0.2, -0.15) is 0 Å². The Morgan fingerprint density at radius 2 is 1.91 bits per heavy atom. The van der Waals surface area contributed by atoms with Crippen molar-refractivity contribution in [1.29, 1.82) is 0 Å². The van der Waals surface area contributed by atoms with Crippen LogP contribution in [0.2, 0.25) is 0 Å². The zero-order chi connectivity index (χ0) is 16.8. The highest BCUT2D eigenvalue weighted by Crippen LogP contribution is 2.14. The molecule has 23 heavy (non-hydrogen) atoms. The molecule has 1 rings (SSSR count). The predicted octanol–water partition coefficient (Wildman–Crippen LogP) is 5.89. The van der Waals surface area contributed by atoms with Crippen molar-refractivity contribution in [2.45, 2.75) is 59.0 Å². The maximum absolute atomic E-state index is 5.87. The van der Waals surface area contributed by atoms with Gasteiger partial charge in [-0.05, 0) is 58.1 Å². The lowest BCUT2D eigenvalue weighted by molar-refractivity contribution is -0.105. The third kappa shape index (κ3) is 9.96. The molecule has 0 aromatic rings. The molecule has 0 spiro atoms. The van der Waals surface area contributed by atoms with Crippen molar-refractivity contribution < 1.29 is 9.47 Å². The molecule has 0 radical (unpaired) electrons. The smallest absolute Gasteiger partial charge is 0.145 e. The third-order valence-corrected chi connectivity index (χ3v) is 3.57. The highest BCUT2D eigenvalue weighted by atomic mass is 16.6. The summed E-state index contributed by atoms with van der Waals surface area (Å²) in [5.41, 5.74) is 1.46. The van der Waals surface area contributed by atoms with Crippen molar-refractivity contribution in [2.24, 2.45) is 0 Å². The van der Waals surface area contributed by atoms with Gasteiger partial charge in [0.15, 0.2) is 0 Å². The van der Waals surface area contributed by atoms with Gasteiger partial charge in [-0.25, -0.2) is 0 Å². The van der Waals surface area contributed by atoms with E-state index >= 15 is 0 Å². The number of ether oxygens (including phenoxy) is 2. The number of hydrogen-bond acceptors (Lipinski definition) is 2. The summed E-state index contributed by atoms with van der Waals surface area (Å²) in [5.74, 6) is 0.983. The van der Waals surface area contributed by atoms with Gasteiger partial charge in [0.2, 0.25) is 0 Å². The highest BCUT2D eigenvalue weighted by Gasteiger charge is 2.19. The molecule has 1 aliphatic rings. The summed E-state index contributed by atoms with van der Waals surface area (Å²) in [6.45, 7) is 7.83. The molecule has 0 bridgehead atoms. The van der Waals surface area contributed by atoms with Crippen LogP contribution >= 0.6 is 0 Å². The van der Waals surface area contributed by atoms with E-state index in [1.165, 1.54) is 5.57 Å². The van der Waals surface area contributed by atoms with Crippen molar-refractivity contribution in [3.63, 3.8) is 0 Å². The molecule has 1 fully saturated rings. The molecule has 0 atom stereocenters. The standard InChI is InChI=1S/C21H32O2/c1-4-6-7-8-9-10-14-19(3)15-11-12-16-20(13-5-2)23-21-17-22-18-21/h4,6-8,12-14,16,21H,5,9-11,15,17-18H2,1-3H3/b6-4-,8-7-,16-12?,19-14+,20-13+. The molecule has 1 aliphatic heterocycles. The fourth-order valence-corrected chi connectivity index (χ4v) is 2.16. The Morgan fingerprint density at radius 3 is 2.57 bits per heavy atom. The number of hydrogen-bond donors (Lipinski definition) is 0. The van der Waals surface area contributed by atoms with Gasteiger partial charge in [0.05, 0.1) is 13.2 Å². The molecule has 0 aliphatic carbocycles. The largest absolute Gasteiger partial charge is 0.486 e. The van der Waals surface area contributed by atoms with Crippen LogP contribution in [-0.2, 0) is 9.47 Å². The van der Waals surface area contributed by atoms with E-state index in [4.69, 9.17) is 9.47 Å². The summed E-state index contributed by atoms with van der Waals surface area (Å²) in [5, 5.41) is 0. The normalized spacial score (nSPS) is 17.5. The first-order valence-corrected chi connectivity index (χ1v) is 8.80. The zero-order valence-electron chi connectivity index (χ0n) is 15.0. The van der Waals surface area contributed by atoms with Gasteiger partial charge in [-0.15, -0.1) is 0 Å².